The fourth-order valence-corrected chi connectivity index (χ4v) is 3.44. The van der Waals surface area contributed by atoms with E-state index < -0.39 is 61.3 Å². The first-order valence-corrected chi connectivity index (χ1v) is 8.27. The first kappa shape index (κ1) is 19.8. The van der Waals surface area contributed by atoms with E-state index in [1.165, 1.54) is 25.2 Å². The van der Waals surface area contributed by atoms with Crippen LogP contribution in [0.1, 0.15) is 20.7 Å². The van der Waals surface area contributed by atoms with Crippen molar-refractivity contribution in [3.8, 4) is 0 Å². The van der Waals surface area contributed by atoms with Crippen LogP contribution in [-0.4, -0.2) is 71.5 Å². The molecule has 0 unspecified atom stereocenters. The lowest BCUT2D eigenvalue weighted by Crippen LogP contribution is -2.34. The summed E-state index contributed by atoms with van der Waals surface area (Å²) in [5.74, 6) is -6.88. The third-order valence-corrected chi connectivity index (χ3v) is 4.87. The van der Waals surface area contributed by atoms with Gasteiger partial charge < -0.3 is 10.4 Å². The summed E-state index contributed by atoms with van der Waals surface area (Å²) >= 11 is 0. The Morgan fingerprint density at radius 3 is 2.39 bits per heavy atom. The fraction of sp³-hybridized carbons (Fsp3) is 0.412. The smallest absolute Gasteiger partial charge is 0.393 e. The average molecular weight is 399 g/mol. The number of rotatable bonds is 4. The molecule has 0 radical (unpaired) electrons. The number of likely N-dealkylation sites (tertiary alicyclic amines) is 1. The molecule has 8 nitrogen and oxygen atoms in total. The highest BCUT2D eigenvalue weighted by atomic mass is 19.4. The van der Waals surface area contributed by atoms with Crippen LogP contribution in [0, 0.1) is 11.8 Å². The van der Waals surface area contributed by atoms with E-state index in [2.05, 4.69) is 5.32 Å². The van der Waals surface area contributed by atoms with Gasteiger partial charge in [-0.3, -0.25) is 29.0 Å². The number of aliphatic carboxylic acids is 1. The zero-order valence-electron chi connectivity index (χ0n) is 14.6. The number of carbonyl (C=O) groups is 4. The third kappa shape index (κ3) is 3.57. The molecule has 0 bridgehead atoms. The molecule has 0 aliphatic carbocycles. The number of nitrogens with one attached hydrogen (secondary N) is 1. The molecule has 11 heteroatoms. The predicted molar refractivity (Wildman–Crippen MR) is 88.6 cm³/mol. The van der Waals surface area contributed by atoms with Crippen LogP contribution in [0.3, 0.4) is 0 Å². The van der Waals surface area contributed by atoms with Gasteiger partial charge in [-0.25, -0.2) is 0 Å². The number of imide groups is 1. The molecule has 2 aliphatic heterocycles. The Hall–Kier alpha value is -2.95. The van der Waals surface area contributed by atoms with Crippen LogP contribution in [0.2, 0.25) is 0 Å². The number of hydrogen-bond acceptors (Lipinski definition) is 5. The normalized spacial score (nSPS) is 22.5. The SMILES string of the molecule is CN1C(=O)c2ccc(NC(=O)CN3C[C@@H](C(F)(F)F)[C@H](C(=O)O)C3)cc2C1=O. The van der Waals surface area contributed by atoms with Gasteiger partial charge in [-0.05, 0) is 18.2 Å². The van der Waals surface area contributed by atoms with Gasteiger partial charge >= 0.3 is 12.1 Å². The highest BCUT2D eigenvalue weighted by Crippen LogP contribution is 2.37. The number of nitrogens with zero attached hydrogens (tertiary/aromatic N) is 2. The number of anilines is 1. The largest absolute Gasteiger partial charge is 0.481 e. The molecule has 1 aromatic rings. The van der Waals surface area contributed by atoms with Crippen LogP contribution >= 0.6 is 0 Å². The fourth-order valence-electron chi connectivity index (χ4n) is 3.44. The van der Waals surface area contributed by atoms with Crippen LogP contribution in [0.25, 0.3) is 0 Å². The molecule has 1 fully saturated rings. The van der Waals surface area contributed by atoms with Crippen molar-refractivity contribution >= 4 is 29.4 Å². The molecule has 0 saturated carbocycles. The lowest BCUT2D eigenvalue weighted by molar-refractivity contribution is -0.188. The van der Waals surface area contributed by atoms with Crippen molar-refractivity contribution in [2.45, 2.75) is 6.18 Å². The number of amides is 3. The Morgan fingerprint density at radius 1 is 1.18 bits per heavy atom. The van der Waals surface area contributed by atoms with Crippen LogP contribution in [0.5, 0.6) is 0 Å². The molecular formula is C17H16F3N3O5. The van der Waals surface area contributed by atoms with Gasteiger partial charge in [-0.1, -0.05) is 0 Å². The molecular weight excluding hydrogens is 383 g/mol. The van der Waals surface area contributed by atoms with Crippen molar-refractivity contribution in [1.82, 2.24) is 9.80 Å². The van der Waals surface area contributed by atoms with Gasteiger partial charge in [-0.2, -0.15) is 13.2 Å². The Bertz CT molecular complexity index is 870. The topological polar surface area (TPSA) is 107 Å². The maximum atomic E-state index is 13.0. The number of fused-ring (bicyclic) bond motifs is 1. The zero-order chi connectivity index (χ0) is 20.8. The number of carboxylic acid groups (broad SMARTS) is 1. The number of halogens is 3. The molecule has 1 saturated heterocycles. The van der Waals surface area contributed by atoms with Gasteiger partial charge in [0.15, 0.2) is 0 Å². The van der Waals surface area contributed by atoms with E-state index in [-0.39, 0.29) is 16.8 Å². The number of benzene rings is 1. The minimum atomic E-state index is -4.67. The summed E-state index contributed by atoms with van der Waals surface area (Å²) in [6.07, 6.45) is -4.67. The first-order valence-electron chi connectivity index (χ1n) is 8.27. The molecule has 0 aromatic heterocycles. The summed E-state index contributed by atoms with van der Waals surface area (Å²) in [5.41, 5.74) is 0.526. The van der Waals surface area contributed by atoms with Crippen LogP contribution in [0.15, 0.2) is 18.2 Å². The number of hydrogen-bond donors (Lipinski definition) is 2. The van der Waals surface area contributed by atoms with Crippen LogP contribution in [-0.2, 0) is 9.59 Å². The Balaban J connectivity index is 1.66. The predicted octanol–water partition coefficient (Wildman–Crippen LogP) is 1.05. The molecule has 3 amide bonds. The minimum Gasteiger partial charge on any atom is -0.481 e. The monoisotopic (exact) mass is 399 g/mol. The minimum absolute atomic E-state index is 0.120. The number of carboxylic acids is 1. The summed E-state index contributed by atoms with van der Waals surface area (Å²) in [7, 11) is 1.33. The van der Waals surface area contributed by atoms with Crippen LogP contribution < -0.4 is 5.32 Å². The average Bonchev–Trinajstić information content (AvgIpc) is 3.11. The van der Waals surface area contributed by atoms with Gasteiger partial charge in [0.25, 0.3) is 11.8 Å². The van der Waals surface area contributed by atoms with E-state index in [4.69, 9.17) is 5.11 Å². The molecule has 2 aliphatic rings. The summed E-state index contributed by atoms with van der Waals surface area (Å²) in [5, 5.41) is 11.5. The molecule has 1 aromatic carbocycles. The highest BCUT2D eigenvalue weighted by Gasteiger charge is 2.52. The van der Waals surface area contributed by atoms with Gasteiger partial charge in [0, 0.05) is 25.8 Å². The van der Waals surface area contributed by atoms with E-state index in [0.717, 1.165) is 9.80 Å². The van der Waals surface area contributed by atoms with E-state index in [1.54, 1.807) is 0 Å². The lowest BCUT2D eigenvalue weighted by atomic mass is 9.96. The van der Waals surface area contributed by atoms with Gasteiger partial charge in [0.05, 0.1) is 29.5 Å². The maximum Gasteiger partial charge on any atom is 0.393 e. The molecule has 2 atom stereocenters. The van der Waals surface area contributed by atoms with Gasteiger partial charge in [0.1, 0.15) is 0 Å². The second-order valence-electron chi connectivity index (χ2n) is 6.76. The van der Waals surface area contributed by atoms with Crippen molar-refractivity contribution in [3.63, 3.8) is 0 Å². The van der Waals surface area contributed by atoms with Crippen LogP contribution in [0.4, 0.5) is 18.9 Å². The molecule has 3 rings (SSSR count). The summed E-state index contributed by atoms with van der Waals surface area (Å²) in [4.78, 5) is 49.1. The van der Waals surface area contributed by atoms with Crippen molar-refractivity contribution < 1.29 is 37.5 Å². The number of alkyl halides is 3. The molecule has 0 spiro atoms. The maximum absolute atomic E-state index is 13.0. The Labute approximate surface area is 156 Å². The summed E-state index contributed by atoms with van der Waals surface area (Å²) in [6, 6.07) is 4.10. The highest BCUT2D eigenvalue weighted by molar-refractivity contribution is 6.21. The van der Waals surface area contributed by atoms with Crippen molar-refractivity contribution in [3.05, 3.63) is 29.3 Å². The van der Waals surface area contributed by atoms with Crippen molar-refractivity contribution in [1.29, 1.82) is 0 Å². The Kier molecular flexibility index (Phi) is 4.88. The molecule has 2 heterocycles. The summed E-state index contributed by atoms with van der Waals surface area (Å²) < 4.78 is 39.0. The Morgan fingerprint density at radius 2 is 1.82 bits per heavy atom. The third-order valence-electron chi connectivity index (χ3n) is 4.87. The van der Waals surface area contributed by atoms with E-state index >= 15 is 0 Å². The lowest BCUT2D eigenvalue weighted by Gasteiger charge is -2.18. The van der Waals surface area contributed by atoms with Gasteiger partial charge in [0.2, 0.25) is 5.91 Å². The molecule has 28 heavy (non-hydrogen) atoms. The standard InChI is InChI=1S/C17H16F3N3O5/c1-22-14(25)9-3-2-8(4-10(9)15(22)26)21-13(24)7-23-5-11(16(27)28)12(6-23)17(18,19)20/h2-4,11-12H,5-7H2,1H3,(H,21,24)(H,27,28)/t11-,12-/m1/s1. The zero-order valence-corrected chi connectivity index (χ0v) is 14.6. The second kappa shape index (κ2) is 6.89. The van der Waals surface area contributed by atoms with E-state index in [1.807, 2.05) is 0 Å². The number of carbonyl (C=O) groups excluding carboxylic acids is 3. The van der Waals surface area contributed by atoms with E-state index in [9.17, 15) is 32.3 Å². The van der Waals surface area contributed by atoms with Crippen molar-refractivity contribution in [2.75, 3.05) is 32.0 Å². The summed E-state index contributed by atoms with van der Waals surface area (Å²) in [6.45, 7) is -1.41. The van der Waals surface area contributed by atoms with Gasteiger partial charge in [-0.15, -0.1) is 0 Å². The van der Waals surface area contributed by atoms with Crippen molar-refractivity contribution in [2.24, 2.45) is 11.8 Å². The first-order chi connectivity index (χ1) is 13.0. The molecule has 2 N–H and O–H groups in total. The quantitative estimate of drug-likeness (QED) is 0.733. The van der Waals surface area contributed by atoms with E-state index in [0.29, 0.717) is 0 Å². The second-order valence-corrected chi connectivity index (χ2v) is 6.76. The molecule has 150 valence electrons.